The zero-order valence-electron chi connectivity index (χ0n) is 10.9. The van der Waals surface area contributed by atoms with Crippen LogP contribution in [-0.2, 0) is 14.3 Å². The summed E-state index contributed by atoms with van der Waals surface area (Å²) in [5.74, 6) is -0.950. The SMILES string of the molecule is CCCC1COC(c2ccc(C=CC(=O)O)cc2)O1. The molecule has 102 valence electrons. The van der Waals surface area contributed by atoms with Crippen molar-refractivity contribution >= 4 is 12.0 Å². The van der Waals surface area contributed by atoms with Crippen LogP contribution in [-0.4, -0.2) is 23.8 Å². The van der Waals surface area contributed by atoms with E-state index in [0.717, 1.165) is 30.0 Å². The Morgan fingerprint density at radius 2 is 2.16 bits per heavy atom. The predicted octanol–water partition coefficient (Wildman–Crippen LogP) is 3.00. The van der Waals surface area contributed by atoms with Gasteiger partial charge in [0, 0.05) is 11.6 Å². The second kappa shape index (κ2) is 6.50. The van der Waals surface area contributed by atoms with Gasteiger partial charge in [0.15, 0.2) is 6.29 Å². The van der Waals surface area contributed by atoms with Crippen molar-refractivity contribution in [3.05, 3.63) is 41.5 Å². The Morgan fingerprint density at radius 3 is 2.79 bits per heavy atom. The molecule has 1 N–H and O–H groups in total. The molecular formula is C15H18O4. The molecule has 1 aromatic carbocycles. The molecule has 2 atom stereocenters. The first-order valence-electron chi connectivity index (χ1n) is 6.47. The highest BCUT2D eigenvalue weighted by Crippen LogP contribution is 2.28. The summed E-state index contributed by atoms with van der Waals surface area (Å²) in [5, 5.41) is 8.55. The Balaban J connectivity index is 1.97. The van der Waals surface area contributed by atoms with E-state index in [9.17, 15) is 4.79 Å². The molecule has 0 saturated carbocycles. The van der Waals surface area contributed by atoms with Crippen molar-refractivity contribution in [2.45, 2.75) is 32.2 Å². The van der Waals surface area contributed by atoms with Crippen LogP contribution in [0.25, 0.3) is 6.08 Å². The van der Waals surface area contributed by atoms with Gasteiger partial charge in [0.05, 0.1) is 12.7 Å². The Labute approximate surface area is 112 Å². The molecule has 1 aliphatic rings. The quantitative estimate of drug-likeness (QED) is 0.829. The second-order valence-electron chi connectivity index (χ2n) is 4.55. The number of ether oxygens (including phenoxy) is 2. The standard InChI is InChI=1S/C15H18O4/c1-2-3-13-10-18-15(19-13)12-7-4-11(5-8-12)6-9-14(16)17/h4-9,13,15H,2-3,10H2,1H3,(H,16,17). The maximum Gasteiger partial charge on any atom is 0.328 e. The topological polar surface area (TPSA) is 55.8 Å². The highest BCUT2D eigenvalue weighted by molar-refractivity contribution is 5.85. The van der Waals surface area contributed by atoms with Crippen LogP contribution in [0.5, 0.6) is 0 Å². The number of hydrogen-bond donors (Lipinski definition) is 1. The molecule has 0 spiro atoms. The molecule has 4 nitrogen and oxygen atoms in total. The molecular weight excluding hydrogens is 244 g/mol. The van der Waals surface area contributed by atoms with Crippen molar-refractivity contribution in [2.75, 3.05) is 6.61 Å². The molecule has 1 aromatic rings. The van der Waals surface area contributed by atoms with Crippen LogP contribution in [0.3, 0.4) is 0 Å². The molecule has 4 heteroatoms. The Hall–Kier alpha value is -1.65. The molecule has 0 bridgehead atoms. The first-order chi connectivity index (χ1) is 9.19. The highest BCUT2D eigenvalue weighted by atomic mass is 16.7. The van der Waals surface area contributed by atoms with E-state index in [-0.39, 0.29) is 12.4 Å². The van der Waals surface area contributed by atoms with E-state index in [0.29, 0.717) is 6.61 Å². The largest absolute Gasteiger partial charge is 0.478 e. The van der Waals surface area contributed by atoms with Crippen molar-refractivity contribution in [1.29, 1.82) is 0 Å². The van der Waals surface area contributed by atoms with Crippen molar-refractivity contribution in [3.8, 4) is 0 Å². The smallest absolute Gasteiger partial charge is 0.328 e. The van der Waals surface area contributed by atoms with E-state index in [1.807, 2.05) is 24.3 Å². The van der Waals surface area contributed by atoms with Crippen LogP contribution in [0.2, 0.25) is 0 Å². The van der Waals surface area contributed by atoms with Gasteiger partial charge in [0.1, 0.15) is 0 Å². The monoisotopic (exact) mass is 262 g/mol. The first-order valence-corrected chi connectivity index (χ1v) is 6.47. The Bertz CT molecular complexity index is 450. The molecule has 1 fully saturated rings. The second-order valence-corrected chi connectivity index (χ2v) is 4.55. The number of carboxylic acid groups (broad SMARTS) is 1. The van der Waals surface area contributed by atoms with Crippen LogP contribution >= 0.6 is 0 Å². The van der Waals surface area contributed by atoms with E-state index in [2.05, 4.69) is 6.92 Å². The Kier molecular flexibility index (Phi) is 4.71. The summed E-state index contributed by atoms with van der Waals surface area (Å²) < 4.78 is 11.4. The fraction of sp³-hybridized carbons (Fsp3) is 0.400. The van der Waals surface area contributed by atoms with Gasteiger partial charge in [-0.1, -0.05) is 37.6 Å². The molecule has 1 aliphatic heterocycles. The maximum atomic E-state index is 10.4. The summed E-state index contributed by atoms with van der Waals surface area (Å²) >= 11 is 0. The van der Waals surface area contributed by atoms with Crippen molar-refractivity contribution in [3.63, 3.8) is 0 Å². The van der Waals surface area contributed by atoms with Crippen molar-refractivity contribution < 1.29 is 19.4 Å². The molecule has 0 radical (unpaired) electrons. The number of aliphatic carboxylic acids is 1. The Morgan fingerprint density at radius 1 is 1.42 bits per heavy atom. The van der Waals surface area contributed by atoms with E-state index in [1.54, 1.807) is 6.08 Å². The lowest BCUT2D eigenvalue weighted by Crippen LogP contribution is -2.08. The fourth-order valence-electron chi connectivity index (χ4n) is 2.03. The number of rotatable bonds is 5. The van der Waals surface area contributed by atoms with Gasteiger partial charge in [-0.3, -0.25) is 0 Å². The predicted molar refractivity (Wildman–Crippen MR) is 71.6 cm³/mol. The number of carbonyl (C=O) groups is 1. The zero-order chi connectivity index (χ0) is 13.7. The van der Waals surface area contributed by atoms with E-state index < -0.39 is 5.97 Å². The summed E-state index contributed by atoms with van der Waals surface area (Å²) in [6.07, 6.45) is 4.66. The van der Waals surface area contributed by atoms with E-state index in [1.165, 1.54) is 0 Å². The van der Waals surface area contributed by atoms with Gasteiger partial charge in [-0.05, 0) is 18.1 Å². The van der Waals surface area contributed by atoms with Crippen LogP contribution in [0.4, 0.5) is 0 Å². The fourth-order valence-corrected chi connectivity index (χ4v) is 2.03. The molecule has 0 aliphatic carbocycles. The van der Waals surface area contributed by atoms with Crippen molar-refractivity contribution in [1.82, 2.24) is 0 Å². The molecule has 19 heavy (non-hydrogen) atoms. The average Bonchev–Trinajstić information content (AvgIpc) is 2.86. The van der Waals surface area contributed by atoms with Gasteiger partial charge in [-0.15, -0.1) is 0 Å². The third kappa shape index (κ3) is 3.91. The summed E-state index contributed by atoms with van der Waals surface area (Å²) in [6, 6.07) is 7.52. The van der Waals surface area contributed by atoms with Crippen molar-refractivity contribution in [2.24, 2.45) is 0 Å². The van der Waals surface area contributed by atoms with Gasteiger partial charge < -0.3 is 14.6 Å². The molecule has 1 heterocycles. The third-order valence-corrected chi connectivity index (χ3v) is 2.99. The first kappa shape index (κ1) is 13.8. The van der Waals surface area contributed by atoms with Crippen LogP contribution in [0.15, 0.2) is 30.3 Å². The minimum Gasteiger partial charge on any atom is -0.478 e. The number of hydrogen-bond acceptors (Lipinski definition) is 3. The molecule has 1 saturated heterocycles. The minimum atomic E-state index is -0.950. The third-order valence-electron chi connectivity index (χ3n) is 2.99. The zero-order valence-corrected chi connectivity index (χ0v) is 10.9. The normalized spacial score (nSPS) is 23.0. The summed E-state index contributed by atoms with van der Waals surface area (Å²) in [4.78, 5) is 10.4. The van der Waals surface area contributed by atoms with E-state index >= 15 is 0 Å². The van der Waals surface area contributed by atoms with Gasteiger partial charge >= 0.3 is 5.97 Å². The number of carboxylic acids is 1. The van der Waals surface area contributed by atoms with Gasteiger partial charge in [-0.25, -0.2) is 4.79 Å². The lowest BCUT2D eigenvalue weighted by Gasteiger charge is -2.11. The van der Waals surface area contributed by atoms with E-state index in [4.69, 9.17) is 14.6 Å². The summed E-state index contributed by atoms with van der Waals surface area (Å²) in [6.45, 7) is 2.76. The molecule has 0 amide bonds. The summed E-state index contributed by atoms with van der Waals surface area (Å²) in [5.41, 5.74) is 1.81. The average molecular weight is 262 g/mol. The maximum absolute atomic E-state index is 10.4. The molecule has 2 rings (SSSR count). The van der Waals surface area contributed by atoms with Gasteiger partial charge in [-0.2, -0.15) is 0 Å². The summed E-state index contributed by atoms with van der Waals surface area (Å²) in [7, 11) is 0. The van der Waals surface area contributed by atoms with Crippen LogP contribution in [0.1, 0.15) is 37.2 Å². The van der Waals surface area contributed by atoms with Crippen LogP contribution < -0.4 is 0 Å². The number of benzene rings is 1. The van der Waals surface area contributed by atoms with Crippen LogP contribution in [0, 0.1) is 0 Å². The lowest BCUT2D eigenvalue weighted by molar-refractivity contribution is -0.131. The van der Waals surface area contributed by atoms with Gasteiger partial charge in [0.2, 0.25) is 0 Å². The minimum absolute atomic E-state index is 0.182. The highest BCUT2D eigenvalue weighted by Gasteiger charge is 2.26. The van der Waals surface area contributed by atoms with Gasteiger partial charge in [0.25, 0.3) is 0 Å². The molecule has 0 aromatic heterocycles. The molecule has 2 unspecified atom stereocenters. The lowest BCUT2D eigenvalue weighted by atomic mass is 10.1.